The number of carbonyl (C=O) groups excluding carboxylic acids is 1. The third-order valence-electron chi connectivity index (χ3n) is 10.4. The quantitative estimate of drug-likeness (QED) is 0.0864. The molecule has 0 spiro atoms. The Morgan fingerprint density at radius 1 is 0.583 bits per heavy atom. The van der Waals surface area contributed by atoms with E-state index < -0.39 is 30.5 Å². The molecule has 1 aliphatic heterocycles. The minimum Gasteiger partial charge on any atom is -0.379 e. The zero-order valence-corrected chi connectivity index (χ0v) is 34.4. The molecule has 8 rings (SSSR count). The topological polar surface area (TPSA) is 84.5 Å². The van der Waals surface area contributed by atoms with Crippen LogP contribution in [0, 0.1) is 0 Å². The second kappa shape index (κ2) is 20.5. The van der Waals surface area contributed by atoms with Gasteiger partial charge in [-0.1, -0.05) is 146 Å². The van der Waals surface area contributed by atoms with Crippen molar-refractivity contribution in [1.82, 2.24) is 5.48 Å². The fraction of sp³-hybridized carbons (Fsp3) is 0.235. The van der Waals surface area contributed by atoms with Crippen molar-refractivity contribution < 1.29 is 33.3 Å². The Kier molecular flexibility index (Phi) is 14.1. The Hall–Kier alpha value is -5.65. The van der Waals surface area contributed by atoms with Crippen LogP contribution in [0.25, 0.3) is 10.1 Å². The van der Waals surface area contributed by atoms with E-state index in [1.165, 1.54) is 21.9 Å². The van der Waals surface area contributed by atoms with Crippen molar-refractivity contribution in [3.05, 3.63) is 208 Å². The highest BCUT2D eigenvalue weighted by Gasteiger charge is 2.50. The van der Waals surface area contributed by atoms with Gasteiger partial charge in [-0.15, -0.1) is 11.3 Å². The van der Waals surface area contributed by atoms with E-state index in [1.54, 1.807) is 11.3 Å². The highest BCUT2D eigenvalue weighted by atomic mass is 32.1. The summed E-state index contributed by atoms with van der Waals surface area (Å²) in [6, 6.07) is 57.0. The molecule has 1 aliphatic rings. The van der Waals surface area contributed by atoms with E-state index in [4.69, 9.17) is 28.5 Å². The van der Waals surface area contributed by atoms with E-state index in [-0.39, 0.29) is 12.5 Å². The highest BCUT2D eigenvalue weighted by Crippen LogP contribution is 2.42. The van der Waals surface area contributed by atoms with Crippen molar-refractivity contribution in [2.45, 2.75) is 70.3 Å². The van der Waals surface area contributed by atoms with Gasteiger partial charge in [0.05, 0.1) is 33.0 Å². The average Bonchev–Trinajstić information content (AvgIpc) is 3.70. The average molecular weight is 820 g/mol. The van der Waals surface area contributed by atoms with Crippen molar-refractivity contribution >= 4 is 27.3 Å². The SMILES string of the molecule is CC(=O)NOc1ccc(Cc2cc3ccccc3s2)cc1[C@@H]1O[C@H](COCc2ccccc2)[C@@H](OCc2ccccc2)[C@H](OCc2ccccc2)[C@H]1OCc1ccccc1. The molecule has 0 aliphatic carbocycles. The van der Waals surface area contributed by atoms with E-state index in [0.717, 1.165) is 27.8 Å². The molecule has 5 atom stereocenters. The minimum absolute atomic E-state index is 0.213. The molecule has 1 fully saturated rings. The zero-order chi connectivity index (χ0) is 40.9. The molecule has 306 valence electrons. The van der Waals surface area contributed by atoms with Crippen LogP contribution in [-0.2, 0) is 61.3 Å². The monoisotopic (exact) mass is 819 g/mol. The molecule has 1 N–H and O–H groups in total. The molecule has 0 bridgehead atoms. The summed E-state index contributed by atoms with van der Waals surface area (Å²) in [7, 11) is 0. The largest absolute Gasteiger partial charge is 0.379 e. The molecule has 0 unspecified atom stereocenters. The summed E-state index contributed by atoms with van der Waals surface area (Å²) >= 11 is 1.78. The molecular formula is C51H49NO7S. The Bertz CT molecular complexity index is 2360. The first-order valence-corrected chi connectivity index (χ1v) is 21.1. The van der Waals surface area contributed by atoms with Gasteiger partial charge in [0.1, 0.15) is 30.5 Å². The van der Waals surface area contributed by atoms with Gasteiger partial charge in [-0.25, -0.2) is 0 Å². The molecule has 2 heterocycles. The molecule has 6 aromatic carbocycles. The number of fused-ring (bicyclic) bond motifs is 1. The number of hydrogen-bond acceptors (Lipinski definition) is 8. The zero-order valence-electron chi connectivity index (χ0n) is 33.6. The lowest BCUT2D eigenvalue weighted by molar-refractivity contribution is -0.275. The number of benzene rings is 6. The Labute approximate surface area is 355 Å². The molecule has 60 heavy (non-hydrogen) atoms. The lowest BCUT2D eigenvalue weighted by Crippen LogP contribution is -2.58. The van der Waals surface area contributed by atoms with Crippen LogP contribution in [0.3, 0.4) is 0 Å². The maximum atomic E-state index is 12.3. The summed E-state index contributed by atoms with van der Waals surface area (Å²) in [4.78, 5) is 19.5. The number of amides is 1. The fourth-order valence-electron chi connectivity index (χ4n) is 7.51. The van der Waals surface area contributed by atoms with Gasteiger partial charge < -0.3 is 28.5 Å². The summed E-state index contributed by atoms with van der Waals surface area (Å²) in [5.74, 6) is 0.111. The van der Waals surface area contributed by atoms with Gasteiger partial charge in [0.25, 0.3) is 0 Å². The molecule has 1 amide bonds. The number of hydrogen-bond donors (Lipinski definition) is 1. The van der Waals surface area contributed by atoms with Crippen LogP contribution in [0.4, 0.5) is 0 Å². The smallest absolute Gasteiger partial charge is 0.249 e. The Morgan fingerprint density at radius 3 is 1.70 bits per heavy atom. The fourth-order valence-corrected chi connectivity index (χ4v) is 8.61. The van der Waals surface area contributed by atoms with E-state index >= 15 is 0 Å². The van der Waals surface area contributed by atoms with Crippen molar-refractivity contribution in [1.29, 1.82) is 0 Å². The Balaban J connectivity index is 1.21. The van der Waals surface area contributed by atoms with E-state index in [9.17, 15) is 4.79 Å². The molecule has 8 nitrogen and oxygen atoms in total. The summed E-state index contributed by atoms with van der Waals surface area (Å²) in [6.45, 7) is 2.95. The number of thiophene rings is 1. The van der Waals surface area contributed by atoms with Crippen LogP contribution in [0.5, 0.6) is 5.75 Å². The summed E-state index contributed by atoms with van der Waals surface area (Å²) in [5.41, 5.74) is 8.41. The second-order valence-electron chi connectivity index (χ2n) is 14.9. The van der Waals surface area contributed by atoms with Gasteiger partial charge >= 0.3 is 0 Å². The number of ether oxygens (including phenoxy) is 5. The van der Waals surface area contributed by atoms with Gasteiger partial charge in [0.2, 0.25) is 5.91 Å². The van der Waals surface area contributed by atoms with Crippen LogP contribution in [0.1, 0.15) is 51.3 Å². The van der Waals surface area contributed by atoms with Crippen LogP contribution in [0.2, 0.25) is 0 Å². The van der Waals surface area contributed by atoms with Gasteiger partial charge in [-0.05, 0) is 57.5 Å². The van der Waals surface area contributed by atoms with Crippen molar-refractivity contribution in [3.63, 3.8) is 0 Å². The first kappa shape index (κ1) is 41.1. The highest BCUT2D eigenvalue weighted by molar-refractivity contribution is 7.19. The first-order valence-electron chi connectivity index (χ1n) is 20.3. The molecule has 1 saturated heterocycles. The first-order chi connectivity index (χ1) is 29.6. The molecule has 9 heteroatoms. The van der Waals surface area contributed by atoms with Crippen LogP contribution < -0.4 is 10.3 Å². The third kappa shape index (κ3) is 10.9. The second-order valence-corrected chi connectivity index (χ2v) is 16.1. The summed E-state index contributed by atoms with van der Waals surface area (Å²) in [6.07, 6.45) is -2.58. The lowest BCUT2D eigenvalue weighted by Gasteiger charge is -2.46. The standard InChI is InChI=1S/C51H49NO7S/c1-36(53)52-59-45-27-26-41(28-43-30-42-24-14-15-25-47(42)60-43)29-44(45)48-50(56-33-39-20-10-4-11-21-39)51(57-34-40-22-12-5-13-23-40)49(55-32-38-18-8-3-9-19-38)46(58-48)35-54-31-37-16-6-2-7-17-37/h2-27,29-30,46,48-51H,28,31-35H2,1H3,(H,52,53)/t46-,48+,49-,50+,51+/m1/s1. The molecule has 1 aromatic heterocycles. The van der Waals surface area contributed by atoms with Gasteiger partial charge in [-0.3, -0.25) is 4.79 Å². The third-order valence-corrected chi connectivity index (χ3v) is 11.5. The minimum atomic E-state index is -0.734. The van der Waals surface area contributed by atoms with Crippen LogP contribution >= 0.6 is 11.3 Å². The lowest BCUT2D eigenvalue weighted by atomic mass is 9.89. The summed E-state index contributed by atoms with van der Waals surface area (Å²) < 4.78 is 35.9. The van der Waals surface area contributed by atoms with E-state index in [1.807, 2.05) is 133 Å². The van der Waals surface area contributed by atoms with Gasteiger partial charge in [0.15, 0.2) is 5.75 Å². The van der Waals surface area contributed by atoms with Crippen molar-refractivity contribution in [2.24, 2.45) is 0 Å². The molecule has 0 saturated carbocycles. The predicted octanol–water partition coefficient (Wildman–Crippen LogP) is 10.3. The van der Waals surface area contributed by atoms with Crippen LogP contribution in [0.15, 0.2) is 170 Å². The van der Waals surface area contributed by atoms with Gasteiger partial charge in [-0.2, -0.15) is 5.48 Å². The van der Waals surface area contributed by atoms with Crippen LogP contribution in [-0.4, -0.2) is 36.9 Å². The van der Waals surface area contributed by atoms with E-state index in [2.05, 4.69) is 41.9 Å². The summed E-state index contributed by atoms with van der Waals surface area (Å²) in [5, 5.41) is 1.21. The molecular weight excluding hydrogens is 771 g/mol. The maximum Gasteiger partial charge on any atom is 0.249 e. The van der Waals surface area contributed by atoms with Crippen molar-refractivity contribution in [2.75, 3.05) is 6.61 Å². The Morgan fingerprint density at radius 2 is 1.12 bits per heavy atom. The number of nitrogens with one attached hydrogen (secondary N) is 1. The normalized spacial score (nSPS) is 18.9. The maximum absolute atomic E-state index is 12.3. The van der Waals surface area contributed by atoms with Gasteiger partial charge in [0, 0.05) is 28.5 Å². The predicted molar refractivity (Wildman–Crippen MR) is 234 cm³/mol. The molecule has 0 radical (unpaired) electrons. The molecule has 7 aromatic rings. The van der Waals surface area contributed by atoms with E-state index in [0.29, 0.717) is 44.2 Å². The number of carbonyl (C=O) groups is 1. The number of hydroxylamine groups is 1. The van der Waals surface area contributed by atoms with Crippen molar-refractivity contribution in [3.8, 4) is 5.75 Å². The number of rotatable bonds is 18.